The standard InChI is InChI=1S/CH4NOS/c2-4-1-3/h1-2H2. The summed E-state index contributed by atoms with van der Waals surface area (Å²) in [4.78, 5) is 0. The van der Waals surface area contributed by atoms with Crippen molar-refractivity contribution in [3.63, 3.8) is 0 Å². The molecule has 25 valence electrons. The molecule has 0 atom stereocenters. The molecule has 0 aromatic heterocycles. The molecular weight excluding hydrogens is 74.1 g/mol. The summed E-state index contributed by atoms with van der Waals surface area (Å²) >= 11 is 0.801. The van der Waals surface area contributed by atoms with Crippen molar-refractivity contribution >= 4 is 11.9 Å². The minimum absolute atomic E-state index is 0.236. The van der Waals surface area contributed by atoms with Crippen molar-refractivity contribution in [3.8, 4) is 0 Å². The van der Waals surface area contributed by atoms with Crippen LogP contribution in [0.5, 0.6) is 0 Å². The summed E-state index contributed by atoms with van der Waals surface area (Å²) < 4.78 is 0. The molecule has 0 aliphatic rings. The summed E-state index contributed by atoms with van der Waals surface area (Å²) in [6.45, 7) is 0. The van der Waals surface area contributed by atoms with Gasteiger partial charge in [0.15, 0.2) is 0 Å². The van der Waals surface area contributed by atoms with Crippen molar-refractivity contribution in [2.24, 2.45) is 5.14 Å². The van der Waals surface area contributed by atoms with Gasteiger partial charge < -0.3 is 0 Å². The van der Waals surface area contributed by atoms with Crippen molar-refractivity contribution < 1.29 is 5.11 Å². The van der Waals surface area contributed by atoms with E-state index in [1.54, 1.807) is 0 Å². The lowest BCUT2D eigenvalue weighted by atomic mass is 11.7. The van der Waals surface area contributed by atoms with E-state index in [-0.39, 0.29) is 5.94 Å². The molecule has 0 fully saturated rings. The average Bonchev–Trinajstić information content (AvgIpc) is 1.37. The topological polar surface area (TPSA) is 45.9 Å². The number of hydrogen-bond donors (Lipinski definition) is 1. The number of hydrogen-bond acceptors (Lipinski definition) is 2. The van der Waals surface area contributed by atoms with E-state index in [1.807, 2.05) is 0 Å². The molecule has 0 saturated carbocycles. The SMILES string of the molecule is NSC[O]. The van der Waals surface area contributed by atoms with Crippen LogP contribution in [0.1, 0.15) is 0 Å². The zero-order valence-electron chi connectivity index (χ0n) is 2.10. The van der Waals surface area contributed by atoms with Crippen LogP contribution in [0.25, 0.3) is 0 Å². The van der Waals surface area contributed by atoms with E-state index >= 15 is 0 Å². The van der Waals surface area contributed by atoms with Gasteiger partial charge in [-0.05, 0) is 0 Å². The number of nitrogens with two attached hydrogens (primary N) is 1. The summed E-state index contributed by atoms with van der Waals surface area (Å²) in [7, 11) is 0. The Balaban J connectivity index is 1.97. The Hall–Kier alpha value is 0.270. The predicted octanol–water partition coefficient (Wildman–Crippen LogP) is -0.0187. The highest BCUT2D eigenvalue weighted by Crippen LogP contribution is 1.73. The van der Waals surface area contributed by atoms with E-state index in [2.05, 4.69) is 5.14 Å². The van der Waals surface area contributed by atoms with Gasteiger partial charge in [-0.1, -0.05) is 11.9 Å². The zero-order chi connectivity index (χ0) is 3.41. The first-order valence-electron chi connectivity index (χ1n) is 0.813. The zero-order valence-corrected chi connectivity index (χ0v) is 2.92. The number of rotatable bonds is 1. The van der Waals surface area contributed by atoms with Gasteiger partial charge in [-0.3, -0.25) is 5.14 Å². The lowest BCUT2D eigenvalue weighted by Gasteiger charge is -1.67. The fourth-order valence-electron chi connectivity index (χ4n) is 0. The minimum Gasteiger partial charge on any atom is -0.276 e. The quantitative estimate of drug-likeness (QED) is 0.354. The largest absolute Gasteiger partial charge is 0.276 e. The molecule has 0 bridgehead atoms. The van der Waals surface area contributed by atoms with Crippen molar-refractivity contribution in [2.75, 3.05) is 5.94 Å². The van der Waals surface area contributed by atoms with Crippen LogP contribution in [0.3, 0.4) is 0 Å². The van der Waals surface area contributed by atoms with Gasteiger partial charge in [-0.15, -0.1) is 0 Å². The Morgan fingerprint density at radius 1 is 2.00 bits per heavy atom. The average molecular weight is 78.1 g/mol. The van der Waals surface area contributed by atoms with Gasteiger partial charge in [0.25, 0.3) is 0 Å². The van der Waals surface area contributed by atoms with Gasteiger partial charge in [0, 0.05) is 0 Å². The van der Waals surface area contributed by atoms with E-state index in [0.717, 1.165) is 11.9 Å². The van der Waals surface area contributed by atoms with Crippen LogP contribution in [0.2, 0.25) is 0 Å². The van der Waals surface area contributed by atoms with Crippen LogP contribution >= 0.6 is 11.9 Å². The van der Waals surface area contributed by atoms with Gasteiger partial charge >= 0.3 is 0 Å². The Morgan fingerprint density at radius 2 is 2.25 bits per heavy atom. The second kappa shape index (κ2) is 3.27. The smallest absolute Gasteiger partial charge is 0.141 e. The van der Waals surface area contributed by atoms with Crippen LogP contribution < -0.4 is 5.14 Å². The third-order valence-corrected chi connectivity index (χ3v) is 0.204. The Morgan fingerprint density at radius 3 is 2.25 bits per heavy atom. The maximum absolute atomic E-state index is 9.14. The molecule has 2 nitrogen and oxygen atoms in total. The molecule has 0 heterocycles. The van der Waals surface area contributed by atoms with Crippen LogP contribution in [-0.2, 0) is 5.11 Å². The van der Waals surface area contributed by atoms with Crippen LogP contribution in [0.4, 0.5) is 0 Å². The Bertz CT molecular complexity index is 10.0. The van der Waals surface area contributed by atoms with Gasteiger partial charge in [0.05, 0.1) is 0 Å². The molecular formula is CH4NOS. The fourth-order valence-corrected chi connectivity index (χ4v) is 0. The van der Waals surface area contributed by atoms with Gasteiger partial charge in [0.2, 0.25) is 0 Å². The van der Waals surface area contributed by atoms with Crippen LogP contribution in [0, 0.1) is 0 Å². The Labute approximate surface area is 29.1 Å². The highest BCUT2D eigenvalue weighted by Gasteiger charge is 1.59. The normalized spacial score (nSPS) is 7.50. The van der Waals surface area contributed by atoms with Crippen molar-refractivity contribution in [1.29, 1.82) is 0 Å². The molecule has 3 heteroatoms. The van der Waals surface area contributed by atoms with E-state index in [1.165, 1.54) is 0 Å². The molecule has 0 aliphatic heterocycles. The van der Waals surface area contributed by atoms with E-state index in [9.17, 15) is 0 Å². The summed E-state index contributed by atoms with van der Waals surface area (Å²) in [6, 6.07) is 0. The molecule has 0 aliphatic carbocycles. The van der Waals surface area contributed by atoms with E-state index in [4.69, 9.17) is 5.11 Å². The van der Waals surface area contributed by atoms with E-state index < -0.39 is 0 Å². The molecule has 0 amide bonds. The first kappa shape index (κ1) is 4.27. The third kappa shape index (κ3) is 2.27. The summed E-state index contributed by atoms with van der Waals surface area (Å²) in [5, 5.41) is 13.8. The molecule has 1 radical (unpaired) electrons. The van der Waals surface area contributed by atoms with E-state index in [0.29, 0.717) is 0 Å². The summed E-state index contributed by atoms with van der Waals surface area (Å²) in [5.74, 6) is -0.236. The van der Waals surface area contributed by atoms with Gasteiger partial charge in [-0.25, -0.2) is 5.11 Å². The lowest BCUT2D eigenvalue weighted by Crippen LogP contribution is -1.76. The fraction of sp³-hybridized carbons (Fsp3) is 1.00. The van der Waals surface area contributed by atoms with Crippen molar-refractivity contribution in [3.05, 3.63) is 0 Å². The Kier molecular flexibility index (Phi) is 3.49. The minimum atomic E-state index is -0.236. The molecule has 2 N–H and O–H groups in total. The van der Waals surface area contributed by atoms with Crippen molar-refractivity contribution in [1.82, 2.24) is 0 Å². The predicted molar refractivity (Wildman–Crippen MR) is 17.3 cm³/mol. The first-order chi connectivity index (χ1) is 1.91. The van der Waals surface area contributed by atoms with Gasteiger partial charge in [-0.2, -0.15) is 0 Å². The molecule has 0 aromatic carbocycles. The molecule has 0 spiro atoms. The molecule has 4 heavy (non-hydrogen) atoms. The maximum Gasteiger partial charge on any atom is 0.141 e. The van der Waals surface area contributed by atoms with Crippen LogP contribution in [0.15, 0.2) is 0 Å². The molecule has 0 unspecified atom stereocenters. The van der Waals surface area contributed by atoms with Gasteiger partial charge in [0.1, 0.15) is 5.94 Å². The first-order valence-corrected chi connectivity index (χ1v) is 1.86. The second-order valence-electron chi connectivity index (χ2n) is 0.285. The molecule has 0 rings (SSSR count). The maximum atomic E-state index is 9.14. The van der Waals surface area contributed by atoms with Crippen molar-refractivity contribution in [2.45, 2.75) is 0 Å². The molecule has 0 saturated heterocycles. The monoisotopic (exact) mass is 78.0 g/mol. The highest BCUT2D eigenvalue weighted by molar-refractivity contribution is 7.96. The van der Waals surface area contributed by atoms with Crippen LogP contribution in [-0.4, -0.2) is 5.94 Å². The summed E-state index contributed by atoms with van der Waals surface area (Å²) in [5.41, 5.74) is 0. The summed E-state index contributed by atoms with van der Waals surface area (Å²) in [6.07, 6.45) is 0. The second-order valence-corrected chi connectivity index (χ2v) is 0.854. The highest BCUT2D eigenvalue weighted by atomic mass is 32.2. The third-order valence-electron chi connectivity index (χ3n) is 0.0680. The molecule has 0 aromatic rings. The lowest BCUT2D eigenvalue weighted by molar-refractivity contribution is 0.260.